The highest BCUT2D eigenvalue weighted by Gasteiger charge is 2.31. The van der Waals surface area contributed by atoms with Crippen molar-refractivity contribution in [3.05, 3.63) is 77.9 Å². The molecular weight excluding hydrogens is 376 g/mol. The van der Waals surface area contributed by atoms with Crippen molar-refractivity contribution in [2.24, 2.45) is 0 Å². The van der Waals surface area contributed by atoms with Crippen molar-refractivity contribution in [1.82, 2.24) is 0 Å². The van der Waals surface area contributed by atoms with E-state index in [9.17, 15) is 19.8 Å². The highest BCUT2D eigenvalue weighted by atomic mass is 16.7. The van der Waals surface area contributed by atoms with Gasteiger partial charge in [0.1, 0.15) is 40.4 Å². The SMILES string of the molecule is O=C(Oc1ccccc1)Oc1cc(O)c2c(c1)OC(c1ccc(O)cc1)CC2=O. The summed E-state index contributed by atoms with van der Waals surface area (Å²) in [7, 11) is 0. The maximum Gasteiger partial charge on any atom is 0.519 e. The van der Waals surface area contributed by atoms with Gasteiger partial charge in [0.25, 0.3) is 0 Å². The van der Waals surface area contributed by atoms with Crippen LogP contribution in [0.1, 0.15) is 28.4 Å². The zero-order chi connectivity index (χ0) is 20.4. The molecular formula is C22H16O7. The first-order chi connectivity index (χ1) is 14.0. The van der Waals surface area contributed by atoms with Crippen molar-refractivity contribution >= 4 is 11.9 Å². The van der Waals surface area contributed by atoms with E-state index in [2.05, 4.69) is 0 Å². The van der Waals surface area contributed by atoms with Gasteiger partial charge in [-0.2, -0.15) is 0 Å². The Hall–Kier alpha value is -4.00. The van der Waals surface area contributed by atoms with E-state index in [-0.39, 0.29) is 40.8 Å². The third-order valence-electron chi connectivity index (χ3n) is 4.38. The average molecular weight is 392 g/mol. The normalized spacial score (nSPS) is 15.2. The van der Waals surface area contributed by atoms with E-state index in [0.717, 1.165) is 6.07 Å². The summed E-state index contributed by atoms with van der Waals surface area (Å²) in [6.45, 7) is 0. The molecule has 0 fully saturated rings. The van der Waals surface area contributed by atoms with Crippen LogP contribution in [0.3, 0.4) is 0 Å². The number of ether oxygens (including phenoxy) is 3. The van der Waals surface area contributed by atoms with E-state index in [1.54, 1.807) is 42.5 Å². The lowest BCUT2D eigenvalue weighted by Gasteiger charge is -2.26. The lowest BCUT2D eigenvalue weighted by molar-refractivity contribution is 0.0845. The van der Waals surface area contributed by atoms with Crippen molar-refractivity contribution < 1.29 is 34.0 Å². The molecule has 0 aliphatic carbocycles. The van der Waals surface area contributed by atoms with E-state index >= 15 is 0 Å². The Morgan fingerprint density at radius 1 is 0.931 bits per heavy atom. The summed E-state index contributed by atoms with van der Waals surface area (Å²) in [5.41, 5.74) is 0.722. The van der Waals surface area contributed by atoms with Gasteiger partial charge in [-0.15, -0.1) is 0 Å². The first-order valence-electron chi connectivity index (χ1n) is 8.80. The zero-order valence-electron chi connectivity index (χ0n) is 15.1. The first-order valence-corrected chi connectivity index (χ1v) is 8.80. The van der Waals surface area contributed by atoms with Gasteiger partial charge in [-0.05, 0) is 29.8 Å². The van der Waals surface area contributed by atoms with Crippen molar-refractivity contribution in [3.63, 3.8) is 0 Å². The molecule has 1 atom stereocenters. The second-order valence-corrected chi connectivity index (χ2v) is 6.41. The molecule has 1 heterocycles. The van der Waals surface area contributed by atoms with Gasteiger partial charge in [0.15, 0.2) is 5.78 Å². The van der Waals surface area contributed by atoms with Crippen LogP contribution in [0.2, 0.25) is 0 Å². The van der Waals surface area contributed by atoms with E-state index in [1.165, 1.54) is 18.2 Å². The standard InChI is InChI=1S/C22H16O7/c23-14-8-6-13(7-9-14)19-12-18(25)21-17(24)10-16(11-20(21)29-19)28-22(26)27-15-4-2-1-3-5-15/h1-11,19,23-24H,12H2. The summed E-state index contributed by atoms with van der Waals surface area (Å²) in [5, 5.41) is 19.7. The number of hydrogen-bond donors (Lipinski definition) is 2. The van der Waals surface area contributed by atoms with Gasteiger partial charge in [-0.3, -0.25) is 4.79 Å². The molecule has 0 aromatic heterocycles. The summed E-state index contributed by atoms with van der Waals surface area (Å²) in [4.78, 5) is 24.5. The van der Waals surface area contributed by atoms with Crippen LogP contribution in [0.25, 0.3) is 0 Å². The number of fused-ring (bicyclic) bond motifs is 1. The van der Waals surface area contributed by atoms with Crippen LogP contribution in [-0.4, -0.2) is 22.2 Å². The number of carbonyl (C=O) groups excluding carboxylic acids is 2. The Balaban J connectivity index is 1.56. The van der Waals surface area contributed by atoms with Crippen LogP contribution >= 0.6 is 0 Å². The molecule has 4 rings (SSSR count). The molecule has 0 radical (unpaired) electrons. The molecule has 0 bridgehead atoms. The number of phenolic OH excluding ortho intramolecular Hbond substituents is 2. The molecule has 146 valence electrons. The molecule has 0 amide bonds. The molecule has 29 heavy (non-hydrogen) atoms. The fourth-order valence-electron chi connectivity index (χ4n) is 3.05. The van der Waals surface area contributed by atoms with Crippen LogP contribution in [0.5, 0.6) is 28.7 Å². The molecule has 1 aliphatic rings. The summed E-state index contributed by atoms with van der Waals surface area (Å²) in [6.07, 6.45) is -1.56. The molecule has 2 N–H and O–H groups in total. The molecule has 0 spiro atoms. The Kier molecular flexibility index (Phi) is 4.78. The molecule has 3 aromatic rings. The maximum absolute atomic E-state index is 12.5. The van der Waals surface area contributed by atoms with Crippen molar-refractivity contribution in [3.8, 4) is 28.7 Å². The Morgan fingerprint density at radius 3 is 2.34 bits per heavy atom. The van der Waals surface area contributed by atoms with Gasteiger partial charge in [-0.25, -0.2) is 4.79 Å². The Bertz CT molecular complexity index is 1060. The number of para-hydroxylation sites is 1. The van der Waals surface area contributed by atoms with E-state index in [4.69, 9.17) is 14.2 Å². The lowest BCUT2D eigenvalue weighted by Crippen LogP contribution is -2.21. The summed E-state index contributed by atoms with van der Waals surface area (Å²) >= 11 is 0. The summed E-state index contributed by atoms with van der Waals surface area (Å²) < 4.78 is 16.0. The van der Waals surface area contributed by atoms with Crippen LogP contribution in [-0.2, 0) is 0 Å². The number of Topliss-reactive ketones (excluding diaryl/α,β-unsaturated/α-hetero) is 1. The molecule has 0 saturated carbocycles. The van der Waals surface area contributed by atoms with E-state index < -0.39 is 12.3 Å². The van der Waals surface area contributed by atoms with Crippen LogP contribution in [0.15, 0.2) is 66.7 Å². The number of carbonyl (C=O) groups is 2. The number of benzene rings is 3. The highest BCUT2D eigenvalue weighted by Crippen LogP contribution is 2.42. The highest BCUT2D eigenvalue weighted by molar-refractivity contribution is 6.02. The van der Waals surface area contributed by atoms with Crippen molar-refractivity contribution in [2.75, 3.05) is 0 Å². The largest absolute Gasteiger partial charge is 0.519 e. The lowest BCUT2D eigenvalue weighted by atomic mass is 9.95. The first kappa shape index (κ1) is 18.4. The van der Waals surface area contributed by atoms with Gasteiger partial charge < -0.3 is 24.4 Å². The van der Waals surface area contributed by atoms with Crippen molar-refractivity contribution in [2.45, 2.75) is 12.5 Å². The smallest absolute Gasteiger partial charge is 0.508 e. The fraction of sp³-hybridized carbons (Fsp3) is 0.0909. The monoisotopic (exact) mass is 392 g/mol. The minimum absolute atomic E-state index is 0.0265. The second kappa shape index (κ2) is 7.55. The van der Waals surface area contributed by atoms with Gasteiger partial charge >= 0.3 is 6.16 Å². The van der Waals surface area contributed by atoms with Crippen LogP contribution in [0.4, 0.5) is 4.79 Å². The minimum Gasteiger partial charge on any atom is -0.508 e. The fourth-order valence-corrected chi connectivity index (χ4v) is 3.05. The number of hydrogen-bond acceptors (Lipinski definition) is 7. The van der Waals surface area contributed by atoms with E-state index in [0.29, 0.717) is 11.3 Å². The molecule has 7 heteroatoms. The Morgan fingerprint density at radius 2 is 1.62 bits per heavy atom. The quantitative estimate of drug-likeness (QED) is 0.504. The maximum atomic E-state index is 12.5. The topological polar surface area (TPSA) is 102 Å². The number of aromatic hydroxyl groups is 2. The third-order valence-corrected chi connectivity index (χ3v) is 4.38. The van der Waals surface area contributed by atoms with E-state index in [1.807, 2.05) is 0 Å². The number of rotatable bonds is 3. The predicted octanol–water partition coefficient (Wildman–Crippen LogP) is 4.38. The van der Waals surface area contributed by atoms with Gasteiger partial charge in [-0.1, -0.05) is 30.3 Å². The molecule has 1 unspecified atom stereocenters. The number of phenols is 2. The molecule has 7 nitrogen and oxygen atoms in total. The van der Waals surface area contributed by atoms with Gasteiger partial charge in [0, 0.05) is 12.1 Å². The number of ketones is 1. The zero-order valence-corrected chi connectivity index (χ0v) is 15.1. The predicted molar refractivity (Wildman–Crippen MR) is 102 cm³/mol. The average Bonchev–Trinajstić information content (AvgIpc) is 2.68. The summed E-state index contributed by atoms with van der Waals surface area (Å²) in [6, 6.07) is 17.2. The molecule has 1 aliphatic heterocycles. The minimum atomic E-state index is -0.993. The third kappa shape index (κ3) is 3.98. The van der Waals surface area contributed by atoms with Gasteiger partial charge in [0.2, 0.25) is 0 Å². The van der Waals surface area contributed by atoms with Gasteiger partial charge in [0.05, 0.1) is 6.42 Å². The molecule has 0 saturated heterocycles. The molecule has 3 aromatic carbocycles. The van der Waals surface area contributed by atoms with Crippen LogP contribution in [0, 0.1) is 0 Å². The van der Waals surface area contributed by atoms with Crippen molar-refractivity contribution in [1.29, 1.82) is 0 Å². The second-order valence-electron chi connectivity index (χ2n) is 6.41. The Labute approximate surface area is 165 Å². The van der Waals surface area contributed by atoms with Crippen LogP contribution < -0.4 is 14.2 Å². The summed E-state index contributed by atoms with van der Waals surface area (Å²) in [5.74, 6) is -0.178.